The summed E-state index contributed by atoms with van der Waals surface area (Å²) >= 11 is 0. The number of aliphatic imine (C=N–C) groups is 1. The van der Waals surface area contributed by atoms with Crippen molar-refractivity contribution in [2.75, 3.05) is 26.3 Å². The topological polar surface area (TPSA) is 109 Å². The number of carbonyl (C=O) groups excluding carboxylic acids is 2. The van der Waals surface area contributed by atoms with Crippen LogP contribution >= 0.6 is 0 Å². The van der Waals surface area contributed by atoms with Crippen molar-refractivity contribution in [3.8, 4) is 11.5 Å². The zero-order valence-corrected chi connectivity index (χ0v) is 17.9. The Morgan fingerprint density at radius 1 is 1.23 bits per heavy atom. The normalized spacial score (nSPS) is 25.5. The average molecular weight is 418 g/mol. The lowest BCUT2D eigenvalue weighted by molar-refractivity contribution is 0.0848. The Morgan fingerprint density at radius 3 is 2.70 bits per heavy atom. The summed E-state index contributed by atoms with van der Waals surface area (Å²) in [5.74, 6) is 1.26. The van der Waals surface area contributed by atoms with Gasteiger partial charge in [-0.15, -0.1) is 0 Å². The van der Waals surface area contributed by atoms with Gasteiger partial charge in [-0.1, -0.05) is 26.8 Å². The lowest BCUT2D eigenvalue weighted by Crippen LogP contribution is -2.47. The lowest BCUT2D eigenvalue weighted by Gasteiger charge is -2.45. The molecule has 3 atom stereocenters. The lowest BCUT2D eigenvalue weighted by atomic mass is 9.63. The number of nitrogens with zero attached hydrogens (tertiary/aromatic N) is 1. The number of urea groups is 1. The largest absolute Gasteiger partial charge is 0.486 e. The summed E-state index contributed by atoms with van der Waals surface area (Å²) in [6.07, 6.45) is 3.31. The molecule has 1 saturated carbocycles. The summed E-state index contributed by atoms with van der Waals surface area (Å²) in [6.45, 7) is 7.93. The van der Waals surface area contributed by atoms with Crippen molar-refractivity contribution in [1.29, 1.82) is 0 Å². The molecule has 1 aliphatic heterocycles. The molecule has 1 aromatic carbocycles. The number of aliphatic hydroxyl groups is 1. The van der Waals surface area contributed by atoms with E-state index in [1.54, 1.807) is 24.3 Å². The van der Waals surface area contributed by atoms with Gasteiger partial charge in [0.15, 0.2) is 11.5 Å². The molecule has 3 unspecified atom stereocenters. The van der Waals surface area contributed by atoms with Crippen LogP contribution in [0.5, 0.6) is 11.5 Å². The van der Waals surface area contributed by atoms with Gasteiger partial charge in [-0.2, -0.15) is 0 Å². The fourth-order valence-corrected chi connectivity index (χ4v) is 4.81. The van der Waals surface area contributed by atoms with E-state index in [-0.39, 0.29) is 29.4 Å². The fraction of sp³-hybridized carbons (Fsp3) is 0.636. The Morgan fingerprint density at radius 2 is 1.97 bits per heavy atom. The van der Waals surface area contributed by atoms with Crippen molar-refractivity contribution in [2.24, 2.45) is 15.8 Å². The maximum absolute atomic E-state index is 12.3. The third kappa shape index (κ3) is 5.74. The first kappa shape index (κ1) is 22.1. The van der Waals surface area contributed by atoms with Crippen LogP contribution < -0.4 is 20.1 Å². The number of isocyanates is 1. The smallest absolute Gasteiger partial charge is 0.314 e. The predicted octanol–water partition coefficient (Wildman–Crippen LogP) is 2.71. The van der Waals surface area contributed by atoms with Gasteiger partial charge in [0.2, 0.25) is 6.08 Å². The van der Waals surface area contributed by atoms with Crippen LogP contribution in [0.1, 0.15) is 51.7 Å². The molecule has 0 radical (unpaired) electrons. The number of rotatable bonds is 6. The van der Waals surface area contributed by atoms with Crippen molar-refractivity contribution in [1.82, 2.24) is 10.6 Å². The van der Waals surface area contributed by atoms with Crippen LogP contribution in [0.2, 0.25) is 0 Å². The SMILES string of the molecule is CC1(C)CC(N=C=O)CC(C)(CNC(=O)NCC(O)c2ccc3c(c2)OCCO3)C1. The second kappa shape index (κ2) is 9.06. The van der Waals surface area contributed by atoms with Gasteiger partial charge < -0.3 is 25.2 Å². The van der Waals surface area contributed by atoms with E-state index in [9.17, 15) is 14.7 Å². The number of fused-ring (bicyclic) bond motifs is 1. The van der Waals surface area contributed by atoms with E-state index < -0.39 is 6.10 Å². The zero-order chi connectivity index (χ0) is 21.8. The molecular weight excluding hydrogens is 386 g/mol. The summed E-state index contributed by atoms with van der Waals surface area (Å²) in [5, 5.41) is 16.0. The molecule has 3 N–H and O–H groups in total. The molecule has 30 heavy (non-hydrogen) atoms. The van der Waals surface area contributed by atoms with E-state index in [0.717, 1.165) is 19.3 Å². The number of amides is 2. The molecule has 164 valence electrons. The minimum atomic E-state index is -0.859. The number of benzene rings is 1. The van der Waals surface area contributed by atoms with Crippen LogP contribution in [0, 0.1) is 10.8 Å². The molecule has 1 heterocycles. The molecule has 1 aromatic rings. The summed E-state index contributed by atoms with van der Waals surface area (Å²) in [7, 11) is 0. The molecule has 0 bridgehead atoms. The summed E-state index contributed by atoms with van der Waals surface area (Å²) in [4.78, 5) is 26.9. The maximum atomic E-state index is 12.3. The Labute approximate surface area is 177 Å². The molecule has 1 aliphatic carbocycles. The Kier molecular flexibility index (Phi) is 6.68. The molecule has 0 saturated heterocycles. The Bertz CT molecular complexity index is 821. The molecule has 0 spiro atoms. The molecule has 8 nitrogen and oxygen atoms in total. The van der Waals surface area contributed by atoms with Gasteiger partial charge in [-0.25, -0.2) is 14.6 Å². The number of hydrogen-bond acceptors (Lipinski definition) is 6. The minimum absolute atomic E-state index is 0.0323. The second-order valence-electron chi connectivity index (χ2n) is 9.42. The molecule has 1 fully saturated rings. The number of aliphatic hydroxyl groups excluding tert-OH is 1. The molecule has 3 rings (SSSR count). The summed E-state index contributed by atoms with van der Waals surface area (Å²) < 4.78 is 11.0. The van der Waals surface area contributed by atoms with E-state index in [1.165, 1.54) is 0 Å². The second-order valence-corrected chi connectivity index (χ2v) is 9.42. The molecule has 8 heteroatoms. The zero-order valence-electron chi connectivity index (χ0n) is 17.9. The molecule has 2 aliphatic rings. The van der Waals surface area contributed by atoms with E-state index in [4.69, 9.17) is 9.47 Å². The standard InChI is InChI=1S/C22H31N3O5/c1-21(2)9-16(25-14-26)10-22(3,12-21)13-24-20(28)23-11-17(27)15-4-5-18-19(8-15)30-7-6-29-18/h4-5,8,16-17,27H,6-7,9-13H2,1-3H3,(H2,23,24,28). The van der Waals surface area contributed by atoms with Crippen molar-refractivity contribution >= 4 is 12.1 Å². The van der Waals surface area contributed by atoms with Gasteiger partial charge in [0.05, 0.1) is 12.1 Å². The van der Waals surface area contributed by atoms with Crippen molar-refractivity contribution in [3.63, 3.8) is 0 Å². The third-order valence-corrected chi connectivity index (χ3v) is 5.74. The summed E-state index contributed by atoms with van der Waals surface area (Å²) in [5.41, 5.74) is 0.512. The highest BCUT2D eigenvalue weighted by Gasteiger charge is 2.41. The van der Waals surface area contributed by atoms with Gasteiger partial charge in [0.1, 0.15) is 13.2 Å². The van der Waals surface area contributed by atoms with E-state index in [2.05, 4.69) is 36.4 Å². The van der Waals surface area contributed by atoms with Gasteiger partial charge in [0, 0.05) is 13.1 Å². The van der Waals surface area contributed by atoms with Crippen molar-refractivity contribution < 1.29 is 24.2 Å². The highest BCUT2D eigenvalue weighted by molar-refractivity contribution is 5.73. The first-order chi connectivity index (χ1) is 14.2. The van der Waals surface area contributed by atoms with Crippen molar-refractivity contribution in [2.45, 2.75) is 52.2 Å². The monoisotopic (exact) mass is 417 g/mol. The molecular formula is C22H31N3O5. The fourth-order valence-electron chi connectivity index (χ4n) is 4.81. The summed E-state index contributed by atoms with van der Waals surface area (Å²) in [6, 6.07) is 4.84. The number of hydrogen-bond donors (Lipinski definition) is 3. The van der Waals surface area contributed by atoms with Crippen LogP contribution in [0.4, 0.5) is 4.79 Å². The maximum Gasteiger partial charge on any atom is 0.314 e. The van der Waals surface area contributed by atoms with Gasteiger partial charge >= 0.3 is 6.03 Å². The van der Waals surface area contributed by atoms with Crippen LogP contribution in [0.25, 0.3) is 0 Å². The average Bonchev–Trinajstić information content (AvgIpc) is 2.69. The Balaban J connectivity index is 1.50. The van der Waals surface area contributed by atoms with Crippen LogP contribution in [0.3, 0.4) is 0 Å². The van der Waals surface area contributed by atoms with E-state index in [0.29, 0.717) is 36.8 Å². The minimum Gasteiger partial charge on any atom is -0.486 e. The van der Waals surface area contributed by atoms with Gasteiger partial charge in [-0.3, -0.25) is 0 Å². The highest BCUT2D eigenvalue weighted by Crippen LogP contribution is 2.46. The van der Waals surface area contributed by atoms with Crippen LogP contribution in [0.15, 0.2) is 23.2 Å². The predicted molar refractivity (Wildman–Crippen MR) is 111 cm³/mol. The van der Waals surface area contributed by atoms with E-state index in [1.807, 2.05) is 0 Å². The first-order valence-corrected chi connectivity index (χ1v) is 10.4. The first-order valence-electron chi connectivity index (χ1n) is 10.4. The third-order valence-electron chi connectivity index (χ3n) is 5.74. The number of nitrogens with one attached hydrogen (secondary N) is 2. The van der Waals surface area contributed by atoms with Crippen LogP contribution in [-0.4, -0.2) is 49.6 Å². The molecule has 0 aromatic heterocycles. The number of carbonyl (C=O) groups is 1. The van der Waals surface area contributed by atoms with Crippen LogP contribution in [-0.2, 0) is 4.79 Å². The van der Waals surface area contributed by atoms with Crippen molar-refractivity contribution in [3.05, 3.63) is 23.8 Å². The van der Waals surface area contributed by atoms with E-state index >= 15 is 0 Å². The van der Waals surface area contributed by atoms with Gasteiger partial charge in [0.25, 0.3) is 0 Å². The van der Waals surface area contributed by atoms with Gasteiger partial charge in [-0.05, 0) is 47.8 Å². The highest BCUT2D eigenvalue weighted by atomic mass is 16.6. The quantitative estimate of drug-likeness (QED) is 0.487. The Hall–Kier alpha value is -2.57. The molecule has 2 amide bonds. The number of ether oxygens (including phenoxy) is 2.